The Balaban J connectivity index is 1.18. The molecule has 9 nitrogen and oxygen atoms in total. The monoisotopic (exact) mass is 840 g/mol. The van der Waals surface area contributed by atoms with Gasteiger partial charge in [-0.2, -0.15) is 0 Å². The van der Waals surface area contributed by atoms with Gasteiger partial charge in [-0.25, -0.2) is 0 Å². The lowest BCUT2D eigenvalue weighted by atomic mass is 9.47. The van der Waals surface area contributed by atoms with Crippen LogP contribution in [0.15, 0.2) is 46.9 Å². The van der Waals surface area contributed by atoms with Gasteiger partial charge in [-0.05, 0) is 123 Å². The molecule has 11 heteroatoms. The van der Waals surface area contributed by atoms with Gasteiger partial charge in [-0.3, -0.25) is 14.4 Å². The third kappa shape index (κ3) is 10.3. The zero-order chi connectivity index (χ0) is 42.0. The average molecular weight is 841 g/mol. The highest BCUT2D eigenvalue weighted by Crippen LogP contribution is 2.67. The van der Waals surface area contributed by atoms with E-state index in [1.807, 2.05) is 43.4 Å². The number of carbonyl (C=O) groups excluding carboxylic acids is 3. The molecule has 0 bridgehead atoms. The van der Waals surface area contributed by atoms with Crippen molar-refractivity contribution in [2.75, 3.05) is 6.61 Å². The number of esters is 3. The molecule has 5 aliphatic rings. The molecule has 6 unspecified atom stereocenters. The molecule has 4 fully saturated rings. The fraction of sp³-hybridized carbons (Fsp3) is 0.766. The van der Waals surface area contributed by atoms with E-state index in [9.17, 15) is 14.4 Å². The summed E-state index contributed by atoms with van der Waals surface area (Å²) in [6, 6.07) is 9.76. The summed E-state index contributed by atoms with van der Waals surface area (Å²) in [6.45, 7) is 20.3. The van der Waals surface area contributed by atoms with Crippen LogP contribution in [-0.4, -0.2) is 69.0 Å². The van der Waals surface area contributed by atoms with Gasteiger partial charge in [0.25, 0.3) is 0 Å². The SMILES string of the molecule is CC(=O)OCC1O[C@@H](Sc2ccccc2)C(O[Si](C)(C)OC2CC[C@@]3(C)C(=CCC4C3CC[C@@]3(C)C4CC[C@@H]3[C@H](C)CCCC(C)C)C2)[C@@H](OC(C)=O)[C@@H]1OC(C)=O. The maximum absolute atomic E-state index is 12.7. The molecule has 324 valence electrons. The molecule has 1 aromatic carbocycles. The Labute approximate surface area is 354 Å². The number of allylic oxidation sites excluding steroid dienone is 1. The Bertz CT molecular complexity index is 1620. The van der Waals surface area contributed by atoms with E-state index in [4.69, 9.17) is 27.8 Å². The zero-order valence-electron chi connectivity index (χ0n) is 37.0. The van der Waals surface area contributed by atoms with Crippen LogP contribution in [-0.2, 0) is 42.2 Å². The van der Waals surface area contributed by atoms with Crippen molar-refractivity contribution in [3.8, 4) is 0 Å². The first-order valence-corrected chi connectivity index (χ1v) is 26.0. The van der Waals surface area contributed by atoms with Crippen LogP contribution < -0.4 is 0 Å². The number of hydrogen-bond acceptors (Lipinski definition) is 10. The minimum absolute atomic E-state index is 0.00633. The van der Waals surface area contributed by atoms with Gasteiger partial charge in [0.05, 0.1) is 6.10 Å². The number of carbonyl (C=O) groups is 3. The molecule has 1 aromatic rings. The van der Waals surface area contributed by atoms with E-state index in [1.54, 1.807) is 5.57 Å². The molecule has 6 rings (SSSR count). The maximum atomic E-state index is 12.7. The number of fused-ring (bicyclic) bond motifs is 5. The second-order valence-corrected chi connectivity index (χ2v) is 24.1. The van der Waals surface area contributed by atoms with Crippen LogP contribution in [0.3, 0.4) is 0 Å². The lowest BCUT2D eigenvalue weighted by molar-refractivity contribution is -0.230. The Morgan fingerprint density at radius 2 is 1.55 bits per heavy atom. The van der Waals surface area contributed by atoms with Gasteiger partial charge in [-0.15, -0.1) is 0 Å². The van der Waals surface area contributed by atoms with E-state index in [0.29, 0.717) is 5.41 Å². The van der Waals surface area contributed by atoms with Crippen molar-refractivity contribution < 1.29 is 42.2 Å². The summed E-state index contributed by atoms with van der Waals surface area (Å²) in [6.07, 6.45) is 12.5. The minimum atomic E-state index is -2.97. The molecule has 58 heavy (non-hydrogen) atoms. The van der Waals surface area contributed by atoms with Crippen molar-refractivity contribution in [3.63, 3.8) is 0 Å². The van der Waals surface area contributed by atoms with E-state index < -0.39 is 56.3 Å². The first-order chi connectivity index (χ1) is 27.4. The number of hydrogen-bond donors (Lipinski definition) is 0. The largest absolute Gasteiger partial charge is 0.463 e. The van der Waals surface area contributed by atoms with Crippen LogP contribution in [0.5, 0.6) is 0 Å². The summed E-state index contributed by atoms with van der Waals surface area (Å²) in [7, 11) is -2.97. The van der Waals surface area contributed by atoms with Crippen LogP contribution in [0.4, 0.5) is 0 Å². The number of benzene rings is 1. The summed E-state index contributed by atoms with van der Waals surface area (Å²) < 4.78 is 37.7. The fourth-order valence-corrected chi connectivity index (χ4v) is 15.4. The predicted molar refractivity (Wildman–Crippen MR) is 229 cm³/mol. The van der Waals surface area contributed by atoms with Gasteiger partial charge >= 0.3 is 26.5 Å². The fourth-order valence-electron chi connectivity index (χ4n) is 12.2. The highest BCUT2D eigenvalue weighted by Gasteiger charge is 2.60. The van der Waals surface area contributed by atoms with Gasteiger partial charge in [0.15, 0.2) is 12.2 Å². The second kappa shape index (κ2) is 18.8. The lowest BCUT2D eigenvalue weighted by Gasteiger charge is -2.58. The Hall–Kier alpha value is -2.18. The van der Waals surface area contributed by atoms with E-state index in [-0.39, 0.29) is 18.1 Å². The topological polar surface area (TPSA) is 107 Å². The van der Waals surface area contributed by atoms with Crippen molar-refractivity contribution in [3.05, 3.63) is 42.0 Å². The Morgan fingerprint density at radius 1 is 0.845 bits per heavy atom. The first kappa shape index (κ1) is 45.3. The summed E-state index contributed by atoms with van der Waals surface area (Å²) in [5, 5.41) is 0. The molecular formula is C47H72O9SSi. The van der Waals surface area contributed by atoms with Crippen LogP contribution in [0.25, 0.3) is 0 Å². The highest BCUT2D eigenvalue weighted by atomic mass is 32.2. The molecule has 0 N–H and O–H groups in total. The molecule has 13 atom stereocenters. The van der Waals surface area contributed by atoms with E-state index in [1.165, 1.54) is 83.9 Å². The van der Waals surface area contributed by atoms with Crippen LogP contribution >= 0.6 is 11.8 Å². The minimum Gasteiger partial charge on any atom is -0.463 e. The molecule has 0 aromatic heterocycles. The van der Waals surface area contributed by atoms with E-state index >= 15 is 0 Å². The van der Waals surface area contributed by atoms with E-state index in [0.717, 1.165) is 59.7 Å². The summed E-state index contributed by atoms with van der Waals surface area (Å²) in [5.41, 5.74) is 1.53. The van der Waals surface area contributed by atoms with Crippen LogP contribution in [0, 0.1) is 46.3 Å². The Kier molecular flexibility index (Phi) is 14.7. The average Bonchev–Trinajstić information content (AvgIpc) is 3.50. The van der Waals surface area contributed by atoms with Gasteiger partial charge in [0, 0.05) is 25.7 Å². The standard InChI is InChI=1S/C47H72O9SSi/c1-29(2)15-14-16-30(3)38-21-22-39-37-20-19-34-27-35(23-25-46(34,7)40(37)24-26-47(38,39)8)55-58(9,10)56-44-43(53-33(6)50)42(52-32(5)49)41(28-51-31(4)48)54-45(44)57-36-17-12-11-13-18-36/h11-13,17-19,29-30,35,37-45H,14-16,20-28H2,1-10H3/t30-,35?,37?,38-,39?,40?,41?,42-,43+,44?,45+,46+,47-/m1/s1. The predicted octanol–water partition coefficient (Wildman–Crippen LogP) is 10.4. The first-order valence-electron chi connectivity index (χ1n) is 22.3. The van der Waals surface area contributed by atoms with Crippen molar-refractivity contribution in [1.29, 1.82) is 0 Å². The van der Waals surface area contributed by atoms with Gasteiger partial charge < -0.3 is 27.8 Å². The number of rotatable bonds is 15. The molecule has 0 spiro atoms. The van der Waals surface area contributed by atoms with Crippen molar-refractivity contribution in [1.82, 2.24) is 0 Å². The molecule has 0 radical (unpaired) electrons. The number of thioether (sulfide) groups is 1. The normalized spacial score (nSPS) is 36.5. The number of ether oxygens (including phenoxy) is 4. The molecule has 1 saturated heterocycles. The highest BCUT2D eigenvalue weighted by molar-refractivity contribution is 7.99. The molecule has 3 saturated carbocycles. The quantitative estimate of drug-likeness (QED) is 0.0733. The molecular weight excluding hydrogens is 769 g/mol. The van der Waals surface area contributed by atoms with Crippen molar-refractivity contribution in [2.45, 2.75) is 180 Å². The van der Waals surface area contributed by atoms with Crippen molar-refractivity contribution in [2.24, 2.45) is 46.3 Å². The lowest BCUT2D eigenvalue weighted by Crippen LogP contribution is -2.63. The molecule has 0 amide bonds. The van der Waals surface area contributed by atoms with Crippen molar-refractivity contribution >= 4 is 38.2 Å². The third-order valence-corrected chi connectivity index (χ3v) is 17.7. The maximum Gasteiger partial charge on any atom is 0.332 e. The summed E-state index contributed by atoms with van der Waals surface area (Å²) in [5.74, 6) is 3.14. The van der Waals surface area contributed by atoms with Crippen LogP contribution in [0.1, 0.15) is 126 Å². The van der Waals surface area contributed by atoms with Gasteiger partial charge in [-0.1, -0.05) is 95.5 Å². The van der Waals surface area contributed by atoms with Gasteiger partial charge in [0.2, 0.25) is 0 Å². The zero-order valence-corrected chi connectivity index (χ0v) is 38.8. The van der Waals surface area contributed by atoms with Gasteiger partial charge in [0.1, 0.15) is 24.3 Å². The third-order valence-electron chi connectivity index (χ3n) is 14.8. The van der Waals surface area contributed by atoms with E-state index in [2.05, 4.69) is 40.7 Å². The molecule has 4 aliphatic carbocycles. The Morgan fingerprint density at radius 3 is 2.22 bits per heavy atom. The molecule has 1 heterocycles. The van der Waals surface area contributed by atoms with Crippen LogP contribution in [0.2, 0.25) is 13.1 Å². The molecule has 1 aliphatic heterocycles. The summed E-state index contributed by atoms with van der Waals surface area (Å²) >= 11 is 1.42. The smallest absolute Gasteiger partial charge is 0.332 e. The second-order valence-electron chi connectivity index (χ2n) is 19.7. The summed E-state index contributed by atoms with van der Waals surface area (Å²) in [4.78, 5) is 37.9.